The molecular formula is C24H27N5O3. The maximum atomic E-state index is 13.4. The number of nitrogens with zero attached hydrogens (tertiary/aromatic N) is 3. The summed E-state index contributed by atoms with van der Waals surface area (Å²) in [7, 11) is 0. The fourth-order valence-corrected chi connectivity index (χ4v) is 3.77. The molecule has 0 radical (unpaired) electrons. The predicted molar refractivity (Wildman–Crippen MR) is 123 cm³/mol. The third-order valence-electron chi connectivity index (χ3n) is 5.23. The van der Waals surface area contributed by atoms with Gasteiger partial charge in [0.1, 0.15) is 12.4 Å². The van der Waals surface area contributed by atoms with Crippen molar-refractivity contribution >= 4 is 17.5 Å². The molecule has 0 saturated carbocycles. The highest BCUT2D eigenvalue weighted by Crippen LogP contribution is 2.39. The lowest BCUT2D eigenvalue weighted by Gasteiger charge is -2.29. The summed E-state index contributed by atoms with van der Waals surface area (Å²) >= 11 is 0. The van der Waals surface area contributed by atoms with E-state index in [9.17, 15) is 4.79 Å². The average Bonchev–Trinajstić information content (AvgIpc) is 3.24. The van der Waals surface area contributed by atoms with Crippen LogP contribution in [0.15, 0.2) is 60.1 Å². The van der Waals surface area contributed by atoms with Crippen LogP contribution in [-0.2, 0) is 4.79 Å². The number of hydrogen-bond acceptors (Lipinski definition) is 6. The van der Waals surface area contributed by atoms with Crippen LogP contribution in [0.4, 0.5) is 11.6 Å². The number of aryl methyl sites for hydroxylation is 1. The molecule has 0 aliphatic carbocycles. The zero-order valence-electron chi connectivity index (χ0n) is 18.7. The molecular weight excluding hydrogens is 406 g/mol. The summed E-state index contributed by atoms with van der Waals surface area (Å²) in [5.74, 6) is 1.66. The fourth-order valence-electron chi connectivity index (χ4n) is 3.77. The highest BCUT2D eigenvalue weighted by Gasteiger charge is 2.34. The van der Waals surface area contributed by atoms with E-state index in [0.29, 0.717) is 41.9 Å². The molecule has 0 bridgehead atoms. The van der Waals surface area contributed by atoms with Gasteiger partial charge in [0.2, 0.25) is 5.95 Å². The summed E-state index contributed by atoms with van der Waals surface area (Å²) in [5.41, 5.74) is 3.96. The first-order chi connectivity index (χ1) is 15.5. The van der Waals surface area contributed by atoms with Crippen molar-refractivity contribution < 1.29 is 14.3 Å². The molecule has 2 aromatic carbocycles. The number of benzene rings is 2. The molecule has 1 aliphatic rings. The minimum absolute atomic E-state index is 0.211. The van der Waals surface area contributed by atoms with Crippen LogP contribution in [0, 0.1) is 6.92 Å². The van der Waals surface area contributed by atoms with Gasteiger partial charge in [-0.2, -0.15) is 10.1 Å². The predicted octanol–water partition coefficient (Wildman–Crippen LogP) is 4.31. The van der Waals surface area contributed by atoms with Gasteiger partial charge in [-0.25, -0.2) is 4.68 Å². The zero-order valence-corrected chi connectivity index (χ0v) is 18.7. The molecule has 1 aliphatic heterocycles. The van der Waals surface area contributed by atoms with Gasteiger partial charge in [0.25, 0.3) is 5.91 Å². The van der Waals surface area contributed by atoms with Crippen LogP contribution in [0.2, 0.25) is 0 Å². The Morgan fingerprint density at radius 2 is 1.78 bits per heavy atom. The van der Waals surface area contributed by atoms with Crippen LogP contribution in [0.3, 0.4) is 0 Å². The number of amides is 1. The first kappa shape index (κ1) is 21.4. The van der Waals surface area contributed by atoms with E-state index in [1.54, 1.807) is 4.68 Å². The third-order valence-corrected chi connectivity index (χ3v) is 5.23. The van der Waals surface area contributed by atoms with Crippen LogP contribution >= 0.6 is 0 Å². The topological polar surface area (TPSA) is 90.3 Å². The van der Waals surface area contributed by atoms with Crippen molar-refractivity contribution in [3.8, 4) is 11.5 Å². The van der Waals surface area contributed by atoms with Gasteiger partial charge in [0.15, 0.2) is 11.5 Å². The Morgan fingerprint density at radius 3 is 2.50 bits per heavy atom. The van der Waals surface area contributed by atoms with Gasteiger partial charge >= 0.3 is 0 Å². The highest BCUT2D eigenvalue weighted by atomic mass is 16.5. The standard InChI is InChI=1S/C24H27N5O3/c1-5-31-19-12-9-17(13-20(19)32-6-2)22-21(16(4)27-24-25-14-26-29(22)24)23(30)28-18-10-7-15(3)8-11-18/h7-14,22H,5-6H2,1-4H3,(H,28,30)(H,25,26,27). The number of ether oxygens (including phenoxy) is 2. The van der Waals surface area contributed by atoms with E-state index in [0.717, 1.165) is 16.8 Å². The van der Waals surface area contributed by atoms with Crippen molar-refractivity contribution in [3.05, 3.63) is 71.2 Å². The minimum atomic E-state index is -0.478. The number of aromatic nitrogens is 3. The second-order valence-corrected chi connectivity index (χ2v) is 7.49. The lowest BCUT2D eigenvalue weighted by molar-refractivity contribution is -0.113. The molecule has 1 atom stereocenters. The lowest BCUT2D eigenvalue weighted by Crippen LogP contribution is -2.31. The van der Waals surface area contributed by atoms with Crippen molar-refractivity contribution in [3.63, 3.8) is 0 Å². The number of anilines is 2. The summed E-state index contributed by atoms with van der Waals surface area (Å²) in [5, 5.41) is 10.6. The van der Waals surface area contributed by atoms with E-state index >= 15 is 0 Å². The van der Waals surface area contributed by atoms with E-state index in [1.165, 1.54) is 6.33 Å². The van der Waals surface area contributed by atoms with E-state index in [-0.39, 0.29) is 5.91 Å². The number of allylic oxidation sites excluding steroid dienone is 1. The number of rotatable bonds is 7. The van der Waals surface area contributed by atoms with Crippen LogP contribution in [-0.4, -0.2) is 33.9 Å². The summed E-state index contributed by atoms with van der Waals surface area (Å²) in [6.45, 7) is 8.76. The molecule has 166 valence electrons. The van der Waals surface area contributed by atoms with E-state index in [4.69, 9.17) is 9.47 Å². The molecule has 0 fully saturated rings. The minimum Gasteiger partial charge on any atom is -0.490 e. The molecule has 1 unspecified atom stereocenters. The SMILES string of the molecule is CCOc1ccc(C2C(C(=O)Nc3ccc(C)cc3)=C(C)Nc3ncnn32)cc1OCC. The third kappa shape index (κ3) is 4.16. The number of fused-ring (bicyclic) bond motifs is 1. The highest BCUT2D eigenvalue weighted by molar-refractivity contribution is 6.06. The second kappa shape index (κ2) is 9.13. The Hall–Kier alpha value is -3.81. The molecule has 1 aromatic heterocycles. The van der Waals surface area contributed by atoms with Gasteiger partial charge in [-0.1, -0.05) is 23.8 Å². The van der Waals surface area contributed by atoms with Crippen molar-refractivity contribution in [2.45, 2.75) is 33.7 Å². The maximum Gasteiger partial charge on any atom is 0.255 e. The van der Waals surface area contributed by atoms with Crippen molar-refractivity contribution in [1.82, 2.24) is 14.8 Å². The van der Waals surface area contributed by atoms with Crippen LogP contribution in [0.1, 0.15) is 37.9 Å². The smallest absolute Gasteiger partial charge is 0.255 e. The molecule has 0 spiro atoms. The molecule has 2 heterocycles. The Balaban J connectivity index is 1.76. The molecule has 8 heteroatoms. The number of carbonyl (C=O) groups excluding carboxylic acids is 1. The van der Waals surface area contributed by atoms with Gasteiger partial charge in [0.05, 0.1) is 18.8 Å². The molecule has 2 N–H and O–H groups in total. The van der Waals surface area contributed by atoms with Gasteiger partial charge in [-0.15, -0.1) is 0 Å². The van der Waals surface area contributed by atoms with Gasteiger partial charge in [0, 0.05) is 11.4 Å². The van der Waals surface area contributed by atoms with Crippen LogP contribution in [0.5, 0.6) is 11.5 Å². The number of carbonyl (C=O) groups is 1. The van der Waals surface area contributed by atoms with Crippen molar-refractivity contribution in [2.75, 3.05) is 23.8 Å². The summed E-state index contributed by atoms with van der Waals surface area (Å²) in [4.78, 5) is 17.7. The largest absolute Gasteiger partial charge is 0.490 e. The summed E-state index contributed by atoms with van der Waals surface area (Å²) in [6, 6.07) is 12.9. The van der Waals surface area contributed by atoms with Crippen molar-refractivity contribution in [1.29, 1.82) is 0 Å². The Morgan fingerprint density at radius 1 is 1.06 bits per heavy atom. The zero-order chi connectivity index (χ0) is 22.7. The number of nitrogens with one attached hydrogen (secondary N) is 2. The normalized spacial score (nSPS) is 15.1. The Bertz CT molecular complexity index is 1150. The lowest BCUT2D eigenvalue weighted by atomic mass is 9.94. The Kier molecular flexibility index (Phi) is 6.11. The monoisotopic (exact) mass is 433 g/mol. The maximum absolute atomic E-state index is 13.4. The number of hydrogen-bond donors (Lipinski definition) is 2. The molecule has 1 amide bonds. The van der Waals surface area contributed by atoms with Gasteiger partial charge < -0.3 is 20.1 Å². The molecule has 32 heavy (non-hydrogen) atoms. The van der Waals surface area contributed by atoms with Crippen molar-refractivity contribution in [2.24, 2.45) is 0 Å². The van der Waals surface area contributed by atoms with E-state index < -0.39 is 6.04 Å². The van der Waals surface area contributed by atoms with Crippen LogP contribution in [0.25, 0.3) is 0 Å². The molecule has 4 rings (SSSR count). The van der Waals surface area contributed by atoms with Gasteiger partial charge in [-0.3, -0.25) is 4.79 Å². The summed E-state index contributed by atoms with van der Waals surface area (Å²) in [6.07, 6.45) is 1.47. The fraction of sp³-hybridized carbons (Fsp3) is 0.292. The van der Waals surface area contributed by atoms with Crippen LogP contribution < -0.4 is 20.1 Å². The molecule has 8 nitrogen and oxygen atoms in total. The average molecular weight is 434 g/mol. The van der Waals surface area contributed by atoms with E-state index in [2.05, 4.69) is 20.7 Å². The first-order valence-electron chi connectivity index (χ1n) is 10.7. The molecule has 3 aromatic rings. The Labute approximate surface area is 187 Å². The molecule has 0 saturated heterocycles. The summed E-state index contributed by atoms with van der Waals surface area (Å²) < 4.78 is 13.2. The quantitative estimate of drug-likeness (QED) is 0.577. The van der Waals surface area contributed by atoms with E-state index in [1.807, 2.05) is 70.2 Å². The second-order valence-electron chi connectivity index (χ2n) is 7.49. The van der Waals surface area contributed by atoms with Gasteiger partial charge in [-0.05, 0) is 57.5 Å². The first-order valence-corrected chi connectivity index (χ1v) is 10.7.